The van der Waals surface area contributed by atoms with Crippen molar-refractivity contribution in [1.29, 1.82) is 0 Å². The predicted molar refractivity (Wildman–Crippen MR) is 84.6 cm³/mol. The van der Waals surface area contributed by atoms with E-state index in [1.54, 1.807) is 0 Å². The van der Waals surface area contributed by atoms with Crippen molar-refractivity contribution in [1.82, 2.24) is 5.32 Å². The lowest BCUT2D eigenvalue weighted by atomic mass is 10.0. The fraction of sp³-hybridized carbons (Fsp3) is 0.647. The number of ether oxygens (including phenoxy) is 2. The molecule has 0 saturated heterocycles. The molecule has 0 spiro atoms. The molecule has 0 radical (unpaired) electrons. The van der Waals surface area contributed by atoms with E-state index >= 15 is 0 Å². The second-order valence-corrected chi connectivity index (χ2v) is 5.33. The topological polar surface area (TPSA) is 30.5 Å². The highest BCUT2D eigenvalue weighted by Gasteiger charge is 2.07. The number of para-hydroxylation sites is 2. The molecule has 0 aromatic heterocycles. The SMILES string of the molecule is CCOc1ccccc1OCCNC(C)CC(C)CC. The summed E-state index contributed by atoms with van der Waals surface area (Å²) in [4.78, 5) is 0. The largest absolute Gasteiger partial charge is 0.490 e. The van der Waals surface area contributed by atoms with E-state index in [0.29, 0.717) is 19.3 Å². The first-order chi connectivity index (χ1) is 9.67. The molecule has 2 atom stereocenters. The molecule has 3 heteroatoms. The molecule has 0 heterocycles. The Morgan fingerprint density at radius 1 is 1.05 bits per heavy atom. The van der Waals surface area contributed by atoms with Crippen LogP contribution in [0.15, 0.2) is 24.3 Å². The van der Waals surface area contributed by atoms with Crippen LogP contribution in [0.2, 0.25) is 0 Å². The second-order valence-electron chi connectivity index (χ2n) is 5.33. The van der Waals surface area contributed by atoms with Gasteiger partial charge in [0, 0.05) is 12.6 Å². The Balaban J connectivity index is 2.27. The maximum atomic E-state index is 5.78. The summed E-state index contributed by atoms with van der Waals surface area (Å²) >= 11 is 0. The molecule has 0 bridgehead atoms. The summed E-state index contributed by atoms with van der Waals surface area (Å²) in [6, 6.07) is 8.36. The lowest BCUT2D eigenvalue weighted by Gasteiger charge is -2.18. The minimum absolute atomic E-state index is 0.538. The zero-order valence-corrected chi connectivity index (χ0v) is 13.3. The smallest absolute Gasteiger partial charge is 0.161 e. The van der Waals surface area contributed by atoms with Crippen LogP contribution in [0, 0.1) is 5.92 Å². The van der Waals surface area contributed by atoms with E-state index in [2.05, 4.69) is 26.1 Å². The molecule has 20 heavy (non-hydrogen) atoms. The average Bonchev–Trinajstić information content (AvgIpc) is 2.45. The molecule has 0 saturated carbocycles. The maximum absolute atomic E-state index is 5.78. The van der Waals surface area contributed by atoms with Crippen molar-refractivity contribution in [2.45, 2.75) is 46.6 Å². The lowest BCUT2D eigenvalue weighted by molar-refractivity contribution is 0.269. The molecule has 114 valence electrons. The van der Waals surface area contributed by atoms with E-state index in [0.717, 1.165) is 24.0 Å². The monoisotopic (exact) mass is 279 g/mol. The number of rotatable bonds is 10. The van der Waals surface area contributed by atoms with Crippen molar-refractivity contribution in [3.8, 4) is 11.5 Å². The molecule has 0 fully saturated rings. The zero-order valence-electron chi connectivity index (χ0n) is 13.3. The van der Waals surface area contributed by atoms with Gasteiger partial charge >= 0.3 is 0 Å². The normalized spacial score (nSPS) is 13.8. The van der Waals surface area contributed by atoms with Crippen LogP contribution in [-0.2, 0) is 0 Å². The molecule has 1 aromatic rings. The van der Waals surface area contributed by atoms with Crippen molar-refractivity contribution in [2.24, 2.45) is 5.92 Å². The van der Waals surface area contributed by atoms with Crippen molar-refractivity contribution < 1.29 is 9.47 Å². The summed E-state index contributed by atoms with van der Waals surface area (Å²) in [6.45, 7) is 10.9. The van der Waals surface area contributed by atoms with Gasteiger partial charge in [0.1, 0.15) is 6.61 Å². The Hall–Kier alpha value is -1.22. The first-order valence-corrected chi connectivity index (χ1v) is 7.75. The van der Waals surface area contributed by atoms with E-state index in [9.17, 15) is 0 Å². The van der Waals surface area contributed by atoms with Gasteiger partial charge in [-0.25, -0.2) is 0 Å². The fourth-order valence-electron chi connectivity index (χ4n) is 2.16. The highest BCUT2D eigenvalue weighted by atomic mass is 16.5. The lowest BCUT2D eigenvalue weighted by Crippen LogP contribution is -2.31. The Morgan fingerprint density at radius 3 is 2.30 bits per heavy atom. The molecule has 2 unspecified atom stereocenters. The summed E-state index contributed by atoms with van der Waals surface area (Å²) in [7, 11) is 0. The molecule has 1 aromatic carbocycles. The van der Waals surface area contributed by atoms with Crippen LogP contribution >= 0.6 is 0 Å². The van der Waals surface area contributed by atoms with Gasteiger partial charge in [-0.2, -0.15) is 0 Å². The van der Waals surface area contributed by atoms with Gasteiger partial charge in [0.15, 0.2) is 11.5 Å². The number of hydrogen-bond donors (Lipinski definition) is 1. The van der Waals surface area contributed by atoms with Crippen LogP contribution in [-0.4, -0.2) is 25.8 Å². The van der Waals surface area contributed by atoms with Gasteiger partial charge in [-0.05, 0) is 38.3 Å². The van der Waals surface area contributed by atoms with Crippen LogP contribution in [0.4, 0.5) is 0 Å². The molecular formula is C17H29NO2. The van der Waals surface area contributed by atoms with E-state index in [-0.39, 0.29) is 0 Å². The molecule has 0 aliphatic heterocycles. The van der Waals surface area contributed by atoms with Gasteiger partial charge in [-0.1, -0.05) is 32.4 Å². The highest BCUT2D eigenvalue weighted by Crippen LogP contribution is 2.26. The fourth-order valence-corrected chi connectivity index (χ4v) is 2.16. The predicted octanol–water partition coefficient (Wildman–Crippen LogP) is 3.88. The van der Waals surface area contributed by atoms with Crippen LogP contribution in [0.3, 0.4) is 0 Å². The van der Waals surface area contributed by atoms with Crippen LogP contribution < -0.4 is 14.8 Å². The quantitative estimate of drug-likeness (QED) is 0.659. The maximum Gasteiger partial charge on any atom is 0.161 e. The van der Waals surface area contributed by atoms with Crippen molar-refractivity contribution >= 4 is 0 Å². The van der Waals surface area contributed by atoms with Gasteiger partial charge in [0.25, 0.3) is 0 Å². The molecular weight excluding hydrogens is 250 g/mol. The van der Waals surface area contributed by atoms with Crippen LogP contribution in [0.5, 0.6) is 11.5 Å². The Labute approximate surface area is 123 Å². The Morgan fingerprint density at radius 2 is 1.70 bits per heavy atom. The number of nitrogens with one attached hydrogen (secondary N) is 1. The summed E-state index contributed by atoms with van der Waals surface area (Å²) in [5.74, 6) is 2.42. The van der Waals surface area contributed by atoms with Crippen molar-refractivity contribution in [2.75, 3.05) is 19.8 Å². The first-order valence-electron chi connectivity index (χ1n) is 7.75. The van der Waals surface area contributed by atoms with E-state index in [4.69, 9.17) is 9.47 Å². The van der Waals surface area contributed by atoms with E-state index < -0.39 is 0 Å². The van der Waals surface area contributed by atoms with Gasteiger partial charge < -0.3 is 14.8 Å². The zero-order chi connectivity index (χ0) is 14.8. The second kappa shape index (κ2) is 9.65. The molecule has 1 N–H and O–H groups in total. The third kappa shape index (κ3) is 6.29. The van der Waals surface area contributed by atoms with Gasteiger partial charge in [0.2, 0.25) is 0 Å². The Kier molecular flexibility index (Phi) is 8.12. The van der Waals surface area contributed by atoms with Gasteiger partial charge in [0.05, 0.1) is 6.61 Å². The van der Waals surface area contributed by atoms with E-state index in [1.165, 1.54) is 12.8 Å². The standard InChI is InChI=1S/C17H29NO2/c1-5-14(3)13-15(4)18-11-12-20-17-10-8-7-9-16(17)19-6-2/h7-10,14-15,18H,5-6,11-13H2,1-4H3. The van der Waals surface area contributed by atoms with Gasteiger partial charge in [-0.15, -0.1) is 0 Å². The van der Waals surface area contributed by atoms with Crippen molar-refractivity contribution in [3.05, 3.63) is 24.3 Å². The average molecular weight is 279 g/mol. The first kappa shape index (κ1) is 16.8. The Bertz CT molecular complexity index is 368. The molecule has 0 aliphatic rings. The summed E-state index contributed by atoms with van der Waals surface area (Å²) < 4.78 is 11.3. The molecule has 0 amide bonds. The van der Waals surface area contributed by atoms with Crippen LogP contribution in [0.25, 0.3) is 0 Å². The third-order valence-electron chi connectivity index (χ3n) is 3.45. The number of benzene rings is 1. The van der Waals surface area contributed by atoms with Crippen LogP contribution in [0.1, 0.15) is 40.5 Å². The molecule has 0 aliphatic carbocycles. The summed E-state index contributed by atoms with van der Waals surface area (Å²) in [5, 5.41) is 3.50. The van der Waals surface area contributed by atoms with Crippen molar-refractivity contribution in [3.63, 3.8) is 0 Å². The molecule has 3 nitrogen and oxygen atoms in total. The number of hydrogen-bond acceptors (Lipinski definition) is 3. The minimum Gasteiger partial charge on any atom is -0.490 e. The summed E-state index contributed by atoms with van der Waals surface area (Å²) in [6.07, 6.45) is 2.45. The molecule has 1 rings (SSSR count). The third-order valence-corrected chi connectivity index (χ3v) is 3.45. The highest BCUT2D eigenvalue weighted by molar-refractivity contribution is 5.39. The van der Waals surface area contributed by atoms with E-state index in [1.807, 2.05) is 31.2 Å². The summed E-state index contributed by atoms with van der Waals surface area (Å²) in [5.41, 5.74) is 0. The van der Waals surface area contributed by atoms with Gasteiger partial charge in [-0.3, -0.25) is 0 Å². The minimum atomic E-state index is 0.538.